The van der Waals surface area contributed by atoms with Crippen molar-refractivity contribution >= 4 is 29.9 Å². The second-order valence-electron chi connectivity index (χ2n) is 7.42. The lowest BCUT2D eigenvalue weighted by Crippen LogP contribution is -2.40. The number of aliphatic imine (C=N–C) groups is 1. The second kappa shape index (κ2) is 11.6. The van der Waals surface area contributed by atoms with Gasteiger partial charge in [0, 0.05) is 51.9 Å². The zero-order valence-electron chi connectivity index (χ0n) is 15.5. The molecule has 0 aromatic heterocycles. The molecule has 2 aliphatic heterocycles. The molecule has 3 aliphatic rings. The molecule has 6 nitrogen and oxygen atoms in total. The van der Waals surface area contributed by atoms with Gasteiger partial charge in [-0.1, -0.05) is 0 Å². The Bertz CT molecular complexity index is 401. The number of likely N-dealkylation sites (tertiary alicyclic amines) is 1. The van der Waals surface area contributed by atoms with Gasteiger partial charge in [-0.15, -0.1) is 24.0 Å². The Balaban J connectivity index is 0.00000225. The molecular formula is C18H35IN4O2. The molecule has 2 heterocycles. The number of nitrogens with one attached hydrogen (secondary N) is 2. The van der Waals surface area contributed by atoms with Crippen LogP contribution in [0, 0.1) is 11.8 Å². The lowest BCUT2D eigenvalue weighted by Gasteiger charge is -2.17. The van der Waals surface area contributed by atoms with Crippen molar-refractivity contribution in [2.75, 3.05) is 59.7 Å². The van der Waals surface area contributed by atoms with Crippen LogP contribution in [0.1, 0.15) is 32.1 Å². The molecule has 0 spiro atoms. The molecule has 2 N–H and O–H groups in total. The molecule has 1 saturated carbocycles. The normalized spacial score (nSPS) is 27.3. The SMILES string of the molecule is CN=C(NCCCOCC1CCOC1)NCC1CCN(C2CC2)C1.I. The summed E-state index contributed by atoms with van der Waals surface area (Å²) in [6.45, 7) is 7.89. The zero-order chi connectivity index (χ0) is 16.6. The number of nitrogens with zero attached hydrogens (tertiary/aromatic N) is 2. The fourth-order valence-electron chi connectivity index (χ4n) is 3.61. The molecule has 2 saturated heterocycles. The Morgan fingerprint density at radius 1 is 1.20 bits per heavy atom. The van der Waals surface area contributed by atoms with Gasteiger partial charge in [0.2, 0.25) is 0 Å². The van der Waals surface area contributed by atoms with E-state index in [1.54, 1.807) is 0 Å². The average molecular weight is 466 g/mol. The lowest BCUT2D eigenvalue weighted by molar-refractivity contribution is 0.0888. The summed E-state index contributed by atoms with van der Waals surface area (Å²) >= 11 is 0. The van der Waals surface area contributed by atoms with Crippen molar-refractivity contribution in [2.45, 2.75) is 38.1 Å². The Kier molecular flexibility index (Phi) is 9.80. The summed E-state index contributed by atoms with van der Waals surface area (Å²) in [6, 6.07) is 0.906. The van der Waals surface area contributed by atoms with Crippen LogP contribution in [0.3, 0.4) is 0 Å². The lowest BCUT2D eigenvalue weighted by atomic mass is 10.1. The highest BCUT2D eigenvalue weighted by Crippen LogP contribution is 2.31. The first-order chi connectivity index (χ1) is 11.8. The van der Waals surface area contributed by atoms with E-state index < -0.39 is 0 Å². The quantitative estimate of drug-likeness (QED) is 0.235. The van der Waals surface area contributed by atoms with Crippen LogP contribution in [0.2, 0.25) is 0 Å². The van der Waals surface area contributed by atoms with Gasteiger partial charge in [-0.05, 0) is 44.6 Å². The number of guanidine groups is 1. The summed E-state index contributed by atoms with van der Waals surface area (Å²) in [5.74, 6) is 2.29. The molecule has 146 valence electrons. The van der Waals surface area contributed by atoms with Gasteiger partial charge in [-0.3, -0.25) is 4.99 Å². The Morgan fingerprint density at radius 2 is 2.08 bits per heavy atom. The van der Waals surface area contributed by atoms with Crippen LogP contribution in [-0.2, 0) is 9.47 Å². The zero-order valence-corrected chi connectivity index (χ0v) is 17.9. The maximum absolute atomic E-state index is 5.73. The van der Waals surface area contributed by atoms with Crippen molar-refractivity contribution in [1.82, 2.24) is 15.5 Å². The van der Waals surface area contributed by atoms with Crippen LogP contribution >= 0.6 is 24.0 Å². The van der Waals surface area contributed by atoms with Crippen molar-refractivity contribution < 1.29 is 9.47 Å². The van der Waals surface area contributed by atoms with E-state index in [1.807, 2.05) is 7.05 Å². The first-order valence-electron chi connectivity index (χ1n) is 9.69. The molecule has 1 aliphatic carbocycles. The standard InChI is InChI=1S/C18H34N4O2.HI/c1-19-18(20-7-2-9-23-13-16-6-10-24-14-16)21-11-15-5-8-22(12-15)17-3-4-17;/h15-17H,2-14H2,1H3,(H2,19,20,21);1H. The molecule has 3 rings (SSSR count). The highest BCUT2D eigenvalue weighted by molar-refractivity contribution is 14.0. The van der Waals surface area contributed by atoms with Gasteiger partial charge in [-0.25, -0.2) is 0 Å². The first kappa shape index (κ1) is 21.2. The summed E-state index contributed by atoms with van der Waals surface area (Å²) in [5.41, 5.74) is 0. The second-order valence-corrected chi connectivity index (χ2v) is 7.42. The van der Waals surface area contributed by atoms with Gasteiger partial charge in [0.05, 0.1) is 13.2 Å². The number of ether oxygens (including phenoxy) is 2. The highest BCUT2D eigenvalue weighted by Gasteiger charge is 2.34. The minimum atomic E-state index is 0. The third kappa shape index (κ3) is 7.56. The molecule has 0 radical (unpaired) electrons. The maximum atomic E-state index is 5.73. The molecule has 25 heavy (non-hydrogen) atoms. The van der Waals surface area contributed by atoms with E-state index in [1.165, 1.54) is 32.4 Å². The van der Waals surface area contributed by atoms with Crippen molar-refractivity contribution in [3.63, 3.8) is 0 Å². The number of halogens is 1. The van der Waals surface area contributed by atoms with Crippen LogP contribution in [0.4, 0.5) is 0 Å². The molecule has 0 amide bonds. The topological polar surface area (TPSA) is 58.1 Å². The summed E-state index contributed by atoms with van der Waals surface area (Å²) in [4.78, 5) is 6.98. The number of hydrogen-bond donors (Lipinski definition) is 2. The van der Waals surface area contributed by atoms with E-state index in [2.05, 4.69) is 20.5 Å². The van der Waals surface area contributed by atoms with Gasteiger partial charge >= 0.3 is 0 Å². The predicted molar refractivity (Wildman–Crippen MR) is 112 cm³/mol. The monoisotopic (exact) mass is 466 g/mol. The van der Waals surface area contributed by atoms with E-state index in [-0.39, 0.29) is 24.0 Å². The largest absolute Gasteiger partial charge is 0.381 e. The first-order valence-corrected chi connectivity index (χ1v) is 9.69. The van der Waals surface area contributed by atoms with E-state index in [0.717, 1.165) is 70.3 Å². The minimum Gasteiger partial charge on any atom is -0.381 e. The van der Waals surface area contributed by atoms with Gasteiger partial charge in [0.15, 0.2) is 5.96 Å². The van der Waals surface area contributed by atoms with Crippen molar-refractivity contribution in [2.24, 2.45) is 16.8 Å². The van der Waals surface area contributed by atoms with Gasteiger partial charge in [0.25, 0.3) is 0 Å². The Labute approximate surface area is 169 Å². The van der Waals surface area contributed by atoms with Crippen LogP contribution in [-0.4, -0.2) is 76.6 Å². The molecule has 2 atom stereocenters. The molecule has 0 aromatic rings. The van der Waals surface area contributed by atoms with E-state index in [4.69, 9.17) is 9.47 Å². The predicted octanol–water partition coefficient (Wildman–Crippen LogP) is 1.70. The smallest absolute Gasteiger partial charge is 0.190 e. The summed E-state index contributed by atoms with van der Waals surface area (Å²) < 4.78 is 11.1. The fraction of sp³-hybridized carbons (Fsp3) is 0.944. The molecule has 7 heteroatoms. The van der Waals surface area contributed by atoms with Crippen LogP contribution in [0.5, 0.6) is 0 Å². The number of rotatable bonds is 9. The summed E-state index contributed by atoms with van der Waals surface area (Å²) in [6.07, 6.45) is 6.30. The Hall–Kier alpha value is -0.120. The molecule has 0 aromatic carbocycles. The van der Waals surface area contributed by atoms with Gasteiger partial charge < -0.3 is 25.0 Å². The van der Waals surface area contributed by atoms with Crippen LogP contribution in [0.15, 0.2) is 4.99 Å². The van der Waals surface area contributed by atoms with E-state index >= 15 is 0 Å². The van der Waals surface area contributed by atoms with E-state index in [9.17, 15) is 0 Å². The molecule has 3 fully saturated rings. The third-order valence-corrected chi connectivity index (χ3v) is 5.30. The summed E-state index contributed by atoms with van der Waals surface area (Å²) in [5, 5.41) is 6.87. The van der Waals surface area contributed by atoms with Crippen LogP contribution in [0.25, 0.3) is 0 Å². The van der Waals surface area contributed by atoms with Crippen molar-refractivity contribution in [3.8, 4) is 0 Å². The minimum absolute atomic E-state index is 0. The van der Waals surface area contributed by atoms with E-state index in [0.29, 0.717) is 5.92 Å². The maximum Gasteiger partial charge on any atom is 0.190 e. The summed E-state index contributed by atoms with van der Waals surface area (Å²) in [7, 11) is 1.84. The highest BCUT2D eigenvalue weighted by atomic mass is 127. The molecular weight excluding hydrogens is 431 g/mol. The molecule has 2 unspecified atom stereocenters. The Morgan fingerprint density at radius 3 is 2.80 bits per heavy atom. The average Bonchev–Trinajstić information content (AvgIpc) is 3.11. The van der Waals surface area contributed by atoms with Crippen molar-refractivity contribution in [3.05, 3.63) is 0 Å². The van der Waals surface area contributed by atoms with Crippen LogP contribution < -0.4 is 10.6 Å². The molecule has 0 bridgehead atoms. The number of hydrogen-bond acceptors (Lipinski definition) is 4. The third-order valence-electron chi connectivity index (χ3n) is 5.30. The van der Waals surface area contributed by atoms with Gasteiger partial charge in [-0.2, -0.15) is 0 Å². The van der Waals surface area contributed by atoms with Crippen molar-refractivity contribution in [1.29, 1.82) is 0 Å². The van der Waals surface area contributed by atoms with Gasteiger partial charge in [0.1, 0.15) is 0 Å². The fourth-order valence-corrected chi connectivity index (χ4v) is 3.61.